The van der Waals surface area contributed by atoms with Crippen molar-refractivity contribution in [1.82, 2.24) is 9.88 Å². The van der Waals surface area contributed by atoms with Crippen LogP contribution in [0.3, 0.4) is 0 Å². The standard InChI is InChI=1S/C20H26N2O2/c1-15-5-6-19(16(2)12-15)20(23)14-22-10-7-17(8-11-22)24-18-4-3-9-21-13-18/h3-6,9,12-13,17,20,23H,7-8,10-11,14H2,1-2H3/t20-/m0/s1. The molecule has 1 aliphatic rings. The quantitative estimate of drug-likeness (QED) is 0.916. The first kappa shape index (κ1) is 16.9. The van der Waals surface area contributed by atoms with Crippen molar-refractivity contribution in [3.05, 3.63) is 59.4 Å². The van der Waals surface area contributed by atoms with Crippen molar-refractivity contribution in [3.8, 4) is 5.75 Å². The Balaban J connectivity index is 1.50. The fraction of sp³-hybridized carbons (Fsp3) is 0.450. The van der Waals surface area contributed by atoms with Gasteiger partial charge in [-0.1, -0.05) is 23.8 Å². The van der Waals surface area contributed by atoms with Crippen LogP contribution in [0.2, 0.25) is 0 Å². The number of ether oxygens (including phenoxy) is 1. The molecule has 128 valence electrons. The molecule has 2 heterocycles. The Morgan fingerprint density at radius 1 is 1.25 bits per heavy atom. The van der Waals surface area contributed by atoms with E-state index < -0.39 is 6.10 Å². The van der Waals surface area contributed by atoms with Crippen molar-refractivity contribution < 1.29 is 9.84 Å². The monoisotopic (exact) mass is 326 g/mol. The first-order valence-corrected chi connectivity index (χ1v) is 8.66. The summed E-state index contributed by atoms with van der Waals surface area (Å²) >= 11 is 0. The third-order valence-corrected chi connectivity index (χ3v) is 4.69. The van der Waals surface area contributed by atoms with Gasteiger partial charge in [-0.15, -0.1) is 0 Å². The first-order valence-electron chi connectivity index (χ1n) is 8.66. The lowest BCUT2D eigenvalue weighted by molar-refractivity contribution is 0.0606. The van der Waals surface area contributed by atoms with Crippen LogP contribution in [0, 0.1) is 13.8 Å². The van der Waals surface area contributed by atoms with Gasteiger partial charge in [0.15, 0.2) is 0 Å². The highest BCUT2D eigenvalue weighted by Crippen LogP contribution is 2.23. The number of nitrogens with zero attached hydrogens (tertiary/aromatic N) is 2. The zero-order chi connectivity index (χ0) is 16.9. The van der Waals surface area contributed by atoms with Gasteiger partial charge in [-0.2, -0.15) is 0 Å². The summed E-state index contributed by atoms with van der Waals surface area (Å²) in [5.41, 5.74) is 3.43. The van der Waals surface area contributed by atoms with Crippen LogP contribution in [-0.4, -0.2) is 40.7 Å². The van der Waals surface area contributed by atoms with E-state index in [-0.39, 0.29) is 6.10 Å². The van der Waals surface area contributed by atoms with E-state index in [1.807, 2.05) is 18.2 Å². The van der Waals surface area contributed by atoms with Crippen molar-refractivity contribution in [1.29, 1.82) is 0 Å². The van der Waals surface area contributed by atoms with E-state index in [4.69, 9.17) is 4.74 Å². The number of aromatic nitrogens is 1. The van der Waals surface area contributed by atoms with Gasteiger partial charge in [-0.3, -0.25) is 4.98 Å². The molecule has 1 saturated heterocycles. The number of piperidine rings is 1. The van der Waals surface area contributed by atoms with Gasteiger partial charge < -0.3 is 14.7 Å². The molecule has 1 N–H and O–H groups in total. The predicted octanol–water partition coefficient (Wildman–Crippen LogP) is 3.28. The van der Waals surface area contributed by atoms with Gasteiger partial charge >= 0.3 is 0 Å². The maximum Gasteiger partial charge on any atom is 0.137 e. The largest absolute Gasteiger partial charge is 0.489 e. The van der Waals surface area contributed by atoms with Crippen molar-refractivity contribution in [3.63, 3.8) is 0 Å². The van der Waals surface area contributed by atoms with E-state index in [9.17, 15) is 5.11 Å². The average molecular weight is 326 g/mol. The van der Waals surface area contributed by atoms with Crippen LogP contribution < -0.4 is 4.74 Å². The molecule has 4 nitrogen and oxygen atoms in total. The van der Waals surface area contributed by atoms with Gasteiger partial charge in [0.2, 0.25) is 0 Å². The third kappa shape index (κ3) is 4.34. The second-order valence-electron chi connectivity index (χ2n) is 6.68. The normalized spacial score (nSPS) is 17.6. The van der Waals surface area contributed by atoms with Crippen LogP contribution in [0.25, 0.3) is 0 Å². The highest BCUT2D eigenvalue weighted by atomic mass is 16.5. The number of aryl methyl sites for hydroxylation is 2. The minimum absolute atomic E-state index is 0.240. The zero-order valence-electron chi connectivity index (χ0n) is 14.5. The van der Waals surface area contributed by atoms with Gasteiger partial charge in [0, 0.05) is 25.8 Å². The minimum atomic E-state index is -0.429. The summed E-state index contributed by atoms with van der Waals surface area (Å²) in [7, 11) is 0. The summed E-state index contributed by atoms with van der Waals surface area (Å²) in [6, 6.07) is 10.1. The van der Waals surface area contributed by atoms with E-state index in [0.29, 0.717) is 6.54 Å². The predicted molar refractivity (Wildman–Crippen MR) is 95.2 cm³/mol. The molecular weight excluding hydrogens is 300 g/mol. The molecule has 4 heteroatoms. The van der Waals surface area contributed by atoms with E-state index in [1.165, 1.54) is 5.56 Å². The molecule has 2 aromatic rings. The topological polar surface area (TPSA) is 45.6 Å². The highest BCUT2D eigenvalue weighted by molar-refractivity contribution is 5.32. The number of hydrogen-bond acceptors (Lipinski definition) is 4. The molecule has 0 spiro atoms. The van der Waals surface area contributed by atoms with E-state index in [1.54, 1.807) is 12.4 Å². The summed E-state index contributed by atoms with van der Waals surface area (Å²) < 4.78 is 5.97. The van der Waals surface area contributed by atoms with Crippen LogP contribution in [0.5, 0.6) is 5.75 Å². The van der Waals surface area contributed by atoms with Crippen LogP contribution >= 0.6 is 0 Å². The number of benzene rings is 1. The molecule has 0 saturated carbocycles. The number of hydrogen-bond donors (Lipinski definition) is 1. The summed E-state index contributed by atoms with van der Waals surface area (Å²) in [5.74, 6) is 0.839. The van der Waals surface area contributed by atoms with Crippen LogP contribution in [-0.2, 0) is 0 Å². The lowest BCUT2D eigenvalue weighted by Crippen LogP contribution is -2.40. The Labute approximate surface area is 144 Å². The molecule has 24 heavy (non-hydrogen) atoms. The molecule has 3 rings (SSSR count). The van der Waals surface area contributed by atoms with Gasteiger partial charge in [0.05, 0.1) is 12.3 Å². The molecular formula is C20H26N2O2. The van der Waals surface area contributed by atoms with Crippen molar-refractivity contribution in [2.24, 2.45) is 0 Å². The lowest BCUT2D eigenvalue weighted by atomic mass is 10.00. The van der Waals surface area contributed by atoms with Crippen LogP contribution in [0.4, 0.5) is 0 Å². The Hall–Kier alpha value is -1.91. The fourth-order valence-corrected chi connectivity index (χ4v) is 3.36. The van der Waals surface area contributed by atoms with Crippen molar-refractivity contribution in [2.45, 2.75) is 38.9 Å². The molecule has 1 aromatic heterocycles. The van der Waals surface area contributed by atoms with Crippen LogP contribution in [0.1, 0.15) is 35.6 Å². The number of β-amino-alcohol motifs (C(OH)–C–C–N with tert-alkyl or cyclic N) is 1. The van der Waals surface area contributed by atoms with Crippen molar-refractivity contribution >= 4 is 0 Å². The van der Waals surface area contributed by atoms with E-state index in [2.05, 4.69) is 35.9 Å². The maximum absolute atomic E-state index is 10.6. The highest BCUT2D eigenvalue weighted by Gasteiger charge is 2.23. The molecule has 1 atom stereocenters. The average Bonchev–Trinajstić information content (AvgIpc) is 2.57. The van der Waals surface area contributed by atoms with E-state index >= 15 is 0 Å². The maximum atomic E-state index is 10.6. The van der Waals surface area contributed by atoms with Gasteiger partial charge in [0.1, 0.15) is 11.9 Å². The molecule has 0 amide bonds. The molecule has 1 aliphatic heterocycles. The number of aliphatic hydroxyl groups is 1. The SMILES string of the molecule is Cc1ccc([C@@H](O)CN2CCC(Oc3cccnc3)CC2)c(C)c1. The summed E-state index contributed by atoms with van der Waals surface area (Å²) in [6.45, 7) is 6.74. The Morgan fingerprint density at radius 2 is 2.04 bits per heavy atom. The smallest absolute Gasteiger partial charge is 0.137 e. The molecule has 0 radical (unpaired) electrons. The number of pyridine rings is 1. The van der Waals surface area contributed by atoms with Crippen molar-refractivity contribution in [2.75, 3.05) is 19.6 Å². The second kappa shape index (κ2) is 7.77. The fourth-order valence-electron chi connectivity index (χ4n) is 3.36. The van der Waals surface area contributed by atoms with Gasteiger partial charge in [0.25, 0.3) is 0 Å². The Bertz CT molecular complexity index is 652. The van der Waals surface area contributed by atoms with E-state index in [0.717, 1.165) is 42.8 Å². The summed E-state index contributed by atoms with van der Waals surface area (Å²) in [4.78, 5) is 6.41. The summed E-state index contributed by atoms with van der Waals surface area (Å²) in [5, 5.41) is 10.6. The Morgan fingerprint density at radius 3 is 2.71 bits per heavy atom. The first-order chi connectivity index (χ1) is 11.6. The minimum Gasteiger partial charge on any atom is -0.489 e. The molecule has 0 bridgehead atoms. The molecule has 0 aliphatic carbocycles. The van der Waals surface area contributed by atoms with Crippen LogP contribution in [0.15, 0.2) is 42.7 Å². The van der Waals surface area contributed by atoms with Gasteiger partial charge in [-0.05, 0) is 49.9 Å². The van der Waals surface area contributed by atoms with Gasteiger partial charge in [-0.25, -0.2) is 0 Å². The molecule has 1 fully saturated rings. The zero-order valence-corrected chi connectivity index (χ0v) is 14.5. The summed E-state index contributed by atoms with van der Waals surface area (Å²) in [6.07, 6.45) is 5.29. The lowest BCUT2D eigenvalue weighted by Gasteiger charge is -2.33. The number of likely N-dealkylation sites (tertiary alicyclic amines) is 1. The number of aliphatic hydroxyl groups excluding tert-OH is 1. The third-order valence-electron chi connectivity index (χ3n) is 4.69. The Kier molecular flexibility index (Phi) is 5.48. The number of rotatable bonds is 5. The molecule has 0 unspecified atom stereocenters. The molecule has 1 aromatic carbocycles. The second-order valence-corrected chi connectivity index (χ2v) is 6.68.